The Morgan fingerprint density at radius 3 is 2.48 bits per heavy atom. The summed E-state index contributed by atoms with van der Waals surface area (Å²) in [5.74, 6) is -0.319. The Balaban J connectivity index is 0.000000293. The maximum absolute atomic E-state index is 12.1. The summed E-state index contributed by atoms with van der Waals surface area (Å²) in [6.45, 7) is 1.82. The summed E-state index contributed by atoms with van der Waals surface area (Å²) in [4.78, 5) is 31.1. The Kier molecular flexibility index (Phi) is 7.51. The largest absolute Gasteiger partial charge is 0.450 e. The summed E-state index contributed by atoms with van der Waals surface area (Å²) in [6.07, 6.45) is -0.0604. The third-order valence-electron chi connectivity index (χ3n) is 2.74. The van der Waals surface area contributed by atoms with Crippen LogP contribution in [0.3, 0.4) is 0 Å². The number of benzene rings is 2. The average molecular weight is 349 g/mol. The van der Waals surface area contributed by atoms with Crippen molar-refractivity contribution in [3.05, 3.63) is 64.0 Å². The molecule has 132 valence electrons. The molecule has 2 aromatic carbocycles. The Morgan fingerprint density at radius 1 is 1.32 bits per heavy atom. The maximum atomic E-state index is 12.1. The van der Waals surface area contributed by atoms with Gasteiger partial charge < -0.3 is 10.5 Å². The third kappa shape index (κ3) is 6.65. The number of carbonyl (C=O) groups excluding carboxylic acids is 2. The first-order valence-corrected chi connectivity index (χ1v) is 7.05. The van der Waals surface area contributed by atoms with E-state index in [1.54, 1.807) is 6.92 Å². The fourth-order valence-electron chi connectivity index (χ4n) is 1.62. The normalized spacial score (nSPS) is 9.36. The average Bonchev–Trinajstić information content (AvgIpc) is 2.58. The number of nitrogens with one attached hydrogen (secondary N) is 1. The number of anilines is 2. The van der Waals surface area contributed by atoms with Gasteiger partial charge in [0.05, 0.1) is 11.5 Å². The highest BCUT2D eigenvalue weighted by atomic mass is 19.1. The number of halogens is 1. The van der Waals surface area contributed by atoms with Crippen molar-refractivity contribution in [2.75, 3.05) is 17.7 Å². The summed E-state index contributed by atoms with van der Waals surface area (Å²) < 4.78 is 16.7. The highest BCUT2D eigenvalue weighted by Gasteiger charge is 2.16. The summed E-state index contributed by atoms with van der Waals surface area (Å²) in [5, 5.41) is 12.9. The van der Waals surface area contributed by atoms with Gasteiger partial charge in [-0.1, -0.05) is 0 Å². The van der Waals surface area contributed by atoms with Crippen molar-refractivity contribution >= 4 is 29.4 Å². The number of nitrogens with two attached hydrogens (primary N) is 1. The van der Waals surface area contributed by atoms with Gasteiger partial charge in [0.1, 0.15) is 17.8 Å². The van der Waals surface area contributed by atoms with Gasteiger partial charge in [0.15, 0.2) is 0 Å². The molecule has 0 aromatic heterocycles. The minimum Gasteiger partial charge on any atom is -0.450 e. The predicted molar refractivity (Wildman–Crippen MR) is 89.9 cm³/mol. The number of ether oxygens (including phenoxy) is 1. The molecule has 0 heterocycles. The van der Waals surface area contributed by atoms with Crippen LogP contribution >= 0.6 is 0 Å². The first kappa shape index (κ1) is 19.6. The third-order valence-corrected chi connectivity index (χ3v) is 2.74. The first-order chi connectivity index (χ1) is 11.9. The van der Waals surface area contributed by atoms with Crippen molar-refractivity contribution in [1.82, 2.24) is 0 Å². The van der Waals surface area contributed by atoms with Crippen molar-refractivity contribution in [2.24, 2.45) is 0 Å². The van der Waals surface area contributed by atoms with E-state index in [0.29, 0.717) is 11.8 Å². The van der Waals surface area contributed by atoms with Gasteiger partial charge in [0, 0.05) is 17.3 Å². The molecule has 25 heavy (non-hydrogen) atoms. The zero-order chi connectivity index (χ0) is 18.8. The van der Waals surface area contributed by atoms with Gasteiger partial charge in [0.25, 0.3) is 5.69 Å². The fraction of sp³-hybridized carbons (Fsp3) is 0.125. The van der Waals surface area contributed by atoms with E-state index < -0.39 is 11.0 Å². The summed E-state index contributed by atoms with van der Waals surface area (Å²) in [6, 6.07) is 9.35. The highest BCUT2D eigenvalue weighted by molar-refractivity contribution is 5.88. The zero-order valence-corrected chi connectivity index (χ0v) is 13.3. The second kappa shape index (κ2) is 9.60. The Bertz CT molecular complexity index is 750. The molecule has 0 unspecified atom stereocenters. The van der Waals surface area contributed by atoms with Crippen LogP contribution in [0.25, 0.3) is 0 Å². The maximum Gasteiger partial charge on any atom is 0.411 e. The van der Waals surface area contributed by atoms with E-state index in [1.807, 2.05) is 0 Å². The van der Waals surface area contributed by atoms with Gasteiger partial charge in [-0.05, 0) is 43.3 Å². The lowest BCUT2D eigenvalue weighted by atomic mass is 10.2. The molecule has 0 saturated carbocycles. The van der Waals surface area contributed by atoms with Gasteiger partial charge in [0.2, 0.25) is 0 Å². The molecule has 0 saturated heterocycles. The Labute approximate surface area is 142 Å². The summed E-state index contributed by atoms with van der Waals surface area (Å²) >= 11 is 0. The topological polar surface area (TPSA) is 125 Å². The van der Waals surface area contributed by atoms with E-state index in [9.17, 15) is 24.1 Å². The number of hydrogen-bond donors (Lipinski definition) is 2. The van der Waals surface area contributed by atoms with Crippen LogP contribution in [0.5, 0.6) is 0 Å². The van der Waals surface area contributed by atoms with Crippen LogP contribution in [-0.2, 0) is 4.74 Å². The molecule has 0 aliphatic rings. The molecule has 9 heteroatoms. The van der Waals surface area contributed by atoms with Crippen LogP contribution in [-0.4, -0.2) is 23.9 Å². The van der Waals surface area contributed by atoms with E-state index in [4.69, 9.17) is 5.73 Å². The predicted octanol–water partition coefficient (Wildman–Crippen LogP) is 3.38. The molecule has 0 fully saturated rings. The first-order valence-electron chi connectivity index (χ1n) is 7.05. The lowest BCUT2D eigenvalue weighted by Crippen LogP contribution is -2.14. The number of nitro benzene ring substituents is 1. The lowest BCUT2D eigenvalue weighted by molar-refractivity contribution is -0.383. The number of carbonyl (C=O) groups is 2. The number of aldehydes is 1. The molecule has 3 N–H and O–H groups in total. The minimum absolute atomic E-state index is 0.0534. The molecule has 2 rings (SSSR count). The van der Waals surface area contributed by atoms with Gasteiger partial charge in [-0.3, -0.25) is 20.2 Å². The standard InChI is InChI=1S/C9H11N3O4.C7H5FO/c1-2-16-9(13)11-7-4-3-6(10)5-8(7)12(14)15;8-7-3-1-6(5-9)2-4-7/h3-5H,2,10H2,1H3,(H,11,13);1-5H. The van der Waals surface area contributed by atoms with Crippen molar-refractivity contribution < 1.29 is 23.6 Å². The number of hydrogen-bond acceptors (Lipinski definition) is 6. The van der Waals surface area contributed by atoms with Crippen molar-refractivity contribution in [2.45, 2.75) is 6.92 Å². The lowest BCUT2D eigenvalue weighted by Gasteiger charge is -2.06. The van der Waals surface area contributed by atoms with Crippen molar-refractivity contribution in [1.29, 1.82) is 0 Å². The zero-order valence-electron chi connectivity index (χ0n) is 13.3. The van der Waals surface area contributed by atoms with Crippen LogP contribution < -0.4 is 11.1 Å². The molecule has 0 aliphatic heterocycles. The molecule has 0 atom stereocenters. The quantitative estimate of drug-likeness (QED) is 0.377. The van der Waals surface area contributed by atoms with Gasteiger partial charge >= 0.3 is 6.09 Å². The SMILES string of the molecule is CCOC(=O)Nc1ccc(N)cc1[N+](=O)[O-].O=Cc1ccc(F)cc1. The van der Waals surface area contributed by atoms with Gasteiger partial charge in [-0.2, -0.15) is 0 Å². The number of nitrogen functional groups attached to an aromatic ring is 1. The van der Waals surface area contributed by atoms with Gasteiger partial charge in [-0.15, -0.1) is 0 Å². The van der Waals surface area contributed by atoms with Crippen molar-refractivity contribution in [3.8, 4) is 0 Å². The smallest absolute Gasteiger partial charge is 0.411 e. The molecule has 1 amide bonds. The van der Waals surface area contributed by atoms with E-state index in [-0.39, 0.29) is 29.5 Å². The number of amides is 1. The summed E-state index contributed by atoms with van der Waals surface area (Å²) in [7, 11) is 0. The number of nitro groups is 1. The molecule has 0 spiro atoms. The summed E-state index contributed by atoms with van der Waals surface area (Å²) in [5.41, 5.74) is 5.94. The van der Waals surface area contributed by atoms with Crippen LogP contribution in [0.15, 0.2) is 42.5 Å². The monoisotopic (exact) mass is 349 g/mol. The van der Waals surface area contributed by atoms with E-state index in [2.05, 4.69) is 10.1 Å². The van der Waals surface area contributed by atoms with E-state index in [0.717, 1.165) is 0 Å². The Hall–Kier alpha value is -3.49. The van der Waals surface area contributed by atoms with Crippen LogP contribution in [0.2, 0.25) is 0 Å². The number of nitrogens with zero attached hydrogens (tertiary/aromatic N) is 1. The van der Waals surface area contributed by atoms with Crippen LogP contribution in [0.4, 0.5) is 26.2 Å². The minimum atomic E-state index is -0.740. The molecular weight excluding hydrogens is 333 g/mol. The van der Waals surface area contributed by atoms with Crippen LogP contribution in [0, 0.1) is 15.9 Å². The van der Waals surface area contributed by atoms with Crippen molar-refractivity contribution in [3.63, 3.8) is 0 Å². The van der Waals surface area contributed by atoms with E-state index >= 15 is 0 Å². The molecule has 8 nitrogen and oxygen atoms in total. The molecule has 0 bridgehead atoms. The number of rotatable bonds is 4. The highest BCUT2D eigenvalue weighted by Crippen LogP contribution is 2.26. The second-order valence-electron chi connectivity index (χ2n) is 4.55. The molecule has 0 radical (unpaired) electrons. The molecular formula is C16H16FN3O5. The van der Waals surface area contributed by atoms with Gasteiger partial charge in [-0.25, -0.2) is 9.18 Å². The second-order valence-corrected chi connectivity index (χ2v) is 4.55. The fourth-order valence-corrected chi connectivity index (χ4v) is 1.62. The molecule has 2 aromatic rings. The Morgan fingerprint density at radius 2 is 1.96 bits per heavy atom. The van der Waals surface area contributed by atoms with E-state index in [1.165, 1.54) is 42.5 Å². The molecule has 0 aliphatic carbocycles. The van der Waals surface area contributed by atoms with Crippen LogP contribution in [0.1, 0.15) is 17.3 Å².